The molecule has 1 aromatic carbocycles. The third-order valence-corrected chi connectivity index (χ3v) is 1.74. The SMILES string of the molecule is CN(C=O)CC(=O)c1ccc(F)cc1. The number of hydrogen-bond donors (Lipinski definition) is 0. The van der Waals surface area contributed by atoms with Crippen molar-refractivity contribution in [1.82, 2.24) is 4.90 Å². The van der Waals surface area contributed by atoms with Crippen molar-refractivity contribution >= 4 is 12.2 Å². The number of Topliss-reactive ketones (excluding diaryl/α,β-unsaturated/α-hetero) is 1. The molecule has 4 heteroatoms. The van der Waals surface area contributed by atoms with Crippen molar-refractivity contribution in [2.45, 2.75) is 0 Å². The third kappa shape index (κ3) is 2.65. The summed E-state index contributed by atoms with van der Waals surface area (Å²) >= 11 is 0. The van der Waals surface area contributed by atoms with E-state index in [0.29, 0.717) is 12.0 Å². The summed E-state index contributed by atoms with van der Waals surface area (Å²) in [5.41, 5.74) is 0.403. The smallest absolute Gasteiger partial charge is 0.209 e. The zero-order valence-corrected chi connectivity index (χ0v) is 7.74. The van der Waals surface area contributed by atoms with Crippen molar-refractivity contribution in [3.05, 3.63) is 35.6 Å². The largest absolute Gasteiger partial charge is 0.341 e. The molecule has 0 aliphatic heterocycles. The second kappa shape index (κ2) is 4.50. The summed E-state index contributed by atoms with van der Waals surface area (Å²) in [5.74, 6) is -0.593. The summed E-state index contributed by atoms with van der Waals surface area (Å²) in [6.45, 7) is 0.00906. The first-order valence-electron chi connectivity index (χ1n) is 4.08. The van der Waals surface area contributed by atoms with E-state index in [1.165, 1.54) is 36.2 Å². The van der Waals surface area contributed by atoms with E-state index < -0.39 is 0 Å². The van der Waals surface area contributed by atoms with Gasteiger partial charge in [-0.1, -0.05) is 0 Å². The fraction of sp³-hybridized carbons (Fsp3) is 0.200. The van der Waals surface area contributed by atoms with Gasteiger partial charge in [0, 0.05) is 12.6 Å². The van der Waals surface area contributed by atoms with Crippen LogP contribution in [0.1, 0.15) is 10.4 Å². The van der Waals surface area contributed by atoms with Crippen LogP contribution in [-0.2, 0) is 4.79 Å². The molecule has 3 nitrogen and oxygen atoms in total. The highest BCUT2D eigenvalue weighted by Gasteiger charge is 2.07. The van der Waals surface area contributed by atoms with E-state index in [0.717, 1.165) is 0 Å². The van der Waals surface area contributed by atoms with Gasteiger partial charge in [0.2, 0.25) is 6.41 Å². The first-order valence-corrected chi connectivity index (χ1v) is 4.08. The minimum absolute atomic E-state index is 0.00906. The first kappa shape index (κ1) is 10.4. The molecule has 0 radical (unpaired) electrons. The quantitative estimate of drug-likeness (QED) is 0.533. The number of hydrogen-bond acceptors (Lipinski definition) is 2. The number of likely N-dealkylation sites (N-methyl/N-ethyl adjacent to an activating group) is 1. The number of carbonyl (C=O) groups excluding carboxylic acids is 2. The van der Waals surface area contributed by atoms with E-state index in [1.54, 1.807) is 0 Å². The van der Waals surface area contributed by atoms with Crippen molar-refractivity contribution in [2.75, 3.05) is 13.6 Å². The molecule has 0 heterocycles. The van der Waals surface area contributed by atoms with Gasteiger partial charge in [-0.15, -0.1) is 0 Å². The molecule has 0 saturated carbocycles. The summed E-state index contributed by atoms with van der Waals surface area (Å²) in [4.78, 5) is 22.9. The number of carbonyl (C=O) groups is 2. The van der Waals surface area contributed by atoms with Crippen LogP contribution in [0.5, 0.6) is 0 Å². The van der Waals surface area contributed by atoms with E-state index in [1.807, 2.05) is 0 Å². The molecule has 1 rings (SSSR count). The van der Waals surface area contributed by atoms with Gasteiger partial charge in [0.25, 0.3) is 0 Å². The van der Waals surface area contributed by atoms with Crippen LogP contribution in [0.3, 0.4) is 0 Å². The second-order valence-electron chi connectivity index (χ2n) is 2.95. The predicted octanol–water partition coefficient (Wildman–Crippen LogP) is 1.10. The minimum atomic E-state index is -0.384. The van der Waals surface area contributed by atoms with Gasteiger partial charge in [-0.2, -0.15) is 0 Å². The highest BCUT2D eigenvalue weighted by Crippen LogP contribution is 2.03. The highest BCUT2D eigenvalue weighted by molar-refractivity contribution is 5.98. The van der Waals surface area contributed by atoms with Crippen LogP contribution in [0.4, 0.5) is 4.39 Å². The molecule has 0 aromatic heterocycles. The third-order valence-electron chi connectivity index (χ3n) is 1.74. The summed E-state index contributed by atoms with van der Waals surface area (Å²) in [6, 6.07) is 5.23. The maximum Gasteiger partial charge on any atom is 0.209 e. The average molecular weight is 195 g/mol. The van der Waals surface area contributed by atoms with Crippen LogP contribution in [0, 0.1) is 5.82 Å². The Hall–Kier alpha value is -1.71. The van der Waals surface area contributed by atoms with Crippen molar-refractivity contribution in [3.8, 4) is 0 Å². The van der Waals surface area contributed by atoms with Crippen LogP contribution < -0.4 is 0 Å². The summed E-state index contributed by atoms with van der Waals surface area (Å²) in [5, 5.41) is 0. The first-order chi connectivity index (χ1) is 6.63. The molecular weight excluding hydrogens is 185 g/mol. The molecule has 74 valence electrons. The fourth-order valence-corrected chi connectivity index (χ4v) is 0.991. The molecule has 0 aliphatic carbocycles. The lowest BCUT2D eigenvalue weighted by molar-refractivity contribution is -0.116. The Morgan fingerprint density at radius 1 is 1.43 bits per heavy atom. The molecule has 0 unspecified atom stereocenters. The van der Waals surface area contributed by atoms with Crippen LogP contribution in [0.25, 0.3) is 0 Å². The van der Waals surface area contributed by atoms with E-state index in [2.05, 4.69) is 0 Å². The molecule has 1 amide bonds. The maximum absolute atomic E-state index is 12.5. The Morgan fingerprint density at radius 2 is 2.00 bits per heavy atom. The molecule has 0 spiro atoms. The van der Waals surface area contributed by atoms with Crippen LogP contribution in [0.15, 0.2) is 24.3 Å². The fourth-order valence-electron chi connectivity index (χ4n) is 0.991. The molecular formula is C10H10FNO2. The van der Waals surface area contributed by atoms with Crippen molar-refractivity contribution < 1.29 is 14.0 Å². The Labute approximate surface area is 81.1 Å². The zero-order valence-electron chi connectivity index (χ0n) is 7.74. The molecule has 14 heavy (non-hydrogen) atoms. The van der Waals surface area contributed by atoms with Gasteiger partial charge in [-0.05, 0) is 24.3 Å². The normalized spacial score (nSPS) is 9.57. The zero-order chi connectivity index (χ0) is 10.6. The molecule has 0 saturated heterocycles. The molecule has 0 N–H and O–H groups in total. The monoisotopic (exact) mass is 195 g/mol. The Balaban J connectivity index is 2.70. The molecule has 0 fully saturated rings. The van der Waals surface area contributed by atoms with Gasteiger partial charge in [0.05, 0.1) is 6.54 Å². The Morgan fingerprint density at radius 3 is 2.50 bits per heavy atom. The lowest BCUT2D eigenvalue weighted by Gasteiger charge is -2.08. The van der Waals surface area contributed by atoms with E-state index in [9.17, 15) is 14.0 Å². The average Bonchev–Trinajstić information content (AvgIpc) is 2.18. The Kier molecular flexibility index (Phi) is 3.34. The minimum Gasteiger partial charge on any atom is -0.341 e. The molecule has 0 aliphatic rings. The number of amides is 1. The standard InChI is InChI=1S/C10H10FNO2/c1-12(7-13)6-10(14)8-2-4-9(11)5-3-8/h2-5,7H,6H2,1H3. The summed E-state index contributed by atoms with van der Waals surface area (Å²) in [6.07, 6.45) is 0.571. The van der Waals surface area contributed by atoms with Crippen LogP contribution >= 0.6 is 0 Å². The number of ketones is 1. The van der Waals surface area contributed by atoms with Crippen molar-refractivity contribution in [3.63, 3.8) is 0 Å². The van der Waals surface area contributed by atoms with E-state index in [-0.39, 0.29) is 18.1 Å². The molecule has 0 bridgehead atoms. The van der Waals surface area contributed by atoms with Gasteiger partial charge in [0.1, 0.15) is 5.82 Å². The van der Waals surface area contributed by atoms with Gasteiger partial charge in [-0.25, -0.2) is 4.39 Å². The highest BCUT2D eigenvalue weighted by atomic mass is 19.1. The Bertz CT molecular complexity index is 334. The van der Waals surface area contributed by atoms with Crippen molar-refractivity contribution in [2.24, 2.45) is 0 Å². The van der Waals surface area contributed by atoms with Gasteiger partial charge < -0.3 is 4.90 Å². The van der Waals surface area contributed by atoms with Crippen LogP contribution in [0.2, 0.25) is 0 Å². The van der Waals surface area contributed by atoms with Gasteiger partial charge in [0.15, 0.2) is 5.78 Å². The summed E-state index contributed by atoms with van der Waals surface area (Å²) < 4.78 is 12.5. The van der Waals surface area contributed by atoms with Gasteiger partial charge in [-0.3, -0.25) is 9.59 Å². The van der Waals surface area contributed by atoms with E-state index >= 15 is 0 Å². The maximum atomic E-state index is 12.5. The van der Waals surface area contributed by atoms with Crippen LogP contribution in [-0.4, -0.2) is 30.7 Å². The number of rotatable bonds is 4. The molecule has 1 aromatic rings. The van der Waals surface area contributed by atoms with Crippen molar-refractivity contribution in [1.29, 1.82) is 0 Å². The van der Waals surface area contributed by atoms with E-state index in [4.69, 9.17) is 0 Å². The molecule has 0 atom stereocenters. The second-order valence-corrected chi connectivity index (χ2v) is 2.95. The number of halogens is 1. The lowest BCUT2D eigenvalue weighted by atomic mass is 10.1. The number of benzene rings is 1. The predicted molar refractivity (Wildman–Crippen MR) is 49.4 cm³/mol. The van der Waals surface area contributed by atoms with Gasteiger partial charge >= 0.3 is 0 Å². The summed E-state index contributed by atoms with van der Waals surface area (Å²) in [7, 11) is 1.51. The topological polar surface area (TPSA) is 37.4 Å². The number of nitrogens with zero attached hydrogens (tertiary/aromatic N) is 1. The lowest BCUT2D eigenvalue weighted by Crippen LogP contribution is -2.24.